The van der Waals surface area contributed by atoms with Crippen LogP contribution in [-0.4, -0.2) is 19.6 Å². The van der Waals surface area contributed by atoms with Crippen molar-refractivity contribution in [3.05, 3.63) is 82.3 Å². The molecule has 0 fully saturated rings. The standard InChI is InChI=1S/C17H17N3O2/c21-16-7-9-20(8-6-14-11-18-12-19-14)17(22)15(16)10-13-4-2-1-3-5-13/h1-5,7,9,11-12,21H,6,8,10H2,(H,18,19). The fraction of sp³-hybridized carbons (Fsp3) is 0.176. The molecule has 0 aliphatic heterocycles. The first-order valence-corrected chi connectivity index (χ1v) is 7.16. The largest absolute Gasteiger partial charge is 0.507 e. The lowest BCUT2D eigenvalue weighted by Crippen LogP contribution is -2.24. The monoisotopic (exact) mass is 295 g/mol. The maximum atomic E-state index is 12.5. The van der Waals surface area contributed by atoms with Crippen LogP contribution < -0.4 is 5.56 Å². The smallest absolute Gasteiger partial charge is 0.257 e. The van der Waals surface area contributed by atoms with Gasteiger partial charge in [-0.15, -0.1) is 0 Å². The summed E-state index contributed by atoms with van der Waals surface area (Å²) in [7, 11) is 0. The Balaban J connectivity index is 1.84. The Morgan fingerprint density at radius 1 is 1.18 bits per heavy atom. The summed E-state index contributed by atoms with van der Waals surface area (Å²) in [4.78, 5) is 19.5. The summed E-state index contributed by atoms with van der Waals surface area (Å²) in [5.74, 6) is 0.0478. The minimum Gasteiger partial charge on any atom is -0.507 e. The van der Waals surface area contributed by atoms with E-state index in [0.717, 1.165) is 11.3 Å². The molecule has 0 aliphatic rings. The third-order valence-corrected chi connectivity index (χ3v) is 3.64. The lowest BCUT2D eigenvalue weighted by molar-refractivity contribution is 0.463. The number of imidazole rings is 1. The lowest BCUT2D eigenvalue weighted by Gasteiger charge is -2.09. The van der Waals surface area contributed by atoms with E-state index in [2.05, 4.69) is 9.97 Å². The summed E-state index contributed by atoms with van der Waals surface area (Å²) in [6.07, 6.45) is 6.11. The Labute approximate surface area is 127 Å². The second-order valence-electron chi connectivity index (χ2n) is 5.17. The number of aromatic nitrogens is 3. The van der Waals surface area contributed by atoms with Crippen LogP contribution in [0.25, 0.3) is 0 Å². The molecule has 22 heavy (non-hydrogen) atoms. The van der Waals surface area contributed by atoms with Crippen molar-refractivity contribution in [3.63, 3.8) is 0 Å². The molecule has 0 radical (unpaired) electrons. The molecule has 0 aliphatic carbocycles. The zero-order valence-electron chi connectivity index (χ0n) is 12.1. The molecule has 2 aromatic heterocycles. The van der Waals surface area contributed by atoms with Gasteiger partial charge in [0, 0.05) is 37.5 Å². The van der Waals surface area contributed by atoms with Crippen LogP contribution in [0.3, 0.4) is 0 Å². The molecule has 112 valence electrons. The van der Waals surface area contributed by atoms with Gasteiger partial charge < -0.3 is 14.7 Å². The molecule has 5 heteroatoms. The molecule has 0 bridgehead atoms. The van der Waals surface area contributed by atoms with Crippen LogP contribution in [0.2, 0.25) is 0 Å². The molecule has 1 aromatic carbocycles. The van der Waals surface area contributed by atoms with Gasteiger partial charge in [0.15, 0.2) is 0 Å². The average Bonchev–Trinajstić information content (AvgIpc) is 3.05. The van der Waals surface area contributed by atoms with Crippen LogP contribution in [0.15, 0.2) is 59.9 Å². The van der Waals surface area contributed by atoms with Crippen LogP contribution in [0, 0.1) is 0 Å². The minimum atomic E-state index is -0.150. The Morgan fingerprint density at radius 3 is 2.73 bits per heavy atom. The van der Waals surface area contributed by atoms with Crippen LogP contribution in [0.1, 0.15) is 16.8 Å². The summed E-state index contributed by atoms with van der Waals surface area (Å²) in [6, 6.07) is 11.2. The number of hydrogen-bond donors (Lipinski definition) is 2. The van der Waals surface area contributed by atoms with E-state index >= 15 is 0 Å². The average molecular weight is 295 g/mol. The van der Waals surface area contributed by atoms with Gasteiger partial charge in [-0.1, -0.05) is 30.3 Å². The summed E-state index contributed by atoms with van der Waals surface area (Å²) in [5.41, 5.74) is 2.26. The van der Waals surface area contributed by atoms with Crippen molar-refractivity contribution in [3.8, 4) is 5.75 Å². The summed E-state index contributed by atoms with van der Waals surface area (Å²) < 4.78 is 1.62. The van der Waals surface area contributed by atoms with Gasteiger partial charge in [-0.05, 0) is 11.6 Å². The fourth-order valence-electron chi connectivity index (χ4n) is 2.42. The summed E-state index contributed by atoms with van der Waals surface area (Å²) in [6.45, 7) is 0.545. The third-order valence-electron chi connectivity index (χ3n) is 3.64. The number of nitrogens with one attached hydrogen (secondary N) is 1. The molecular weight excluding hydrogens is 278 g/mol. The highest BCUT2D eigenvalue weighted by molar-refractivity contribution is 5.34. The van der Waals surface area contributed by atoms with Crippen molar-refractivity contribution in [2.75, 3.05) is 0 Å². The number of aromatic amines is 1. The predicted octanol–water partition coefficient (Wildman–Crippen LogP) is 2.11. The van der Waals surface area contributed by atoms with E-state index < -0.39 is 0 Å². The van der Waals surface area contributed by atoms with E-state index in [1.54, 1.807) is 29.4 Å². The fourth-order valence-corrected chi connectivity index (χ4v) is 2.42. The Bertz CT molecular complexity index is 793. The third kappa shape index (κ3) is 3.09. The number of hydrogen-bond acceptors (Lipinski definition) is 3. The number of rotatable bonds is 5. The SMILES string of the molecule is O=c1c(Cc2ccccc2)c(O)ccn1CCc1cnc[nH]1. The molecule has 0 spiro atoms. The molecule has 0 saturated heterocycles. The normalized spacial score (nSPS) is 10.7. The van der Waals surface area contributed by atoms with Crippen LogP contribution in [-0.2, 0) is 19.4 Å². The van der Waals surface area contributed by atoms with Crippen LogP contribution in [0.5, 0.6) is 5.75 Å². The Hall–Kier alpha value is -2.82. The molecule has 0 saturated carbocycles. The van der Waals surface area contributed by atoms with Gasteiger partial charge in [0.05, 0.1) is 11.9 Å². The Kier molecular flexibility index (Phi) is 4.05. The minimum absolute atomic E-state index is 0.0478. The Morgan fingerprint density at radius 2 is 2.00 bits per heavy atom. The van der Waals surface area contributed by atoms with Crippen molar-refractivity contribution in [1.29, 1.82) is 0 Å². The molecule has 3 rings (SSSR count). The van der Waals surface area contributed by atoms with E-state index in [-0.39, 0.29) is 11.3 Å². The van der Waals surface area contributed by atoms with Gasteiger partial charge in [-0.2, -0.15) is 0 Å². The number of aryl methyl sites for hydroxylation is 2. The van der Waals surface area contributed by atoms with Crippen molar-refractivity contribution < 1.29 is 5.11 Å². The van der Waals surface area contributed by atoms with Crippen molar-refractivity contribution in [2.24, 2.45) is 0 Å². The number of nitrogens with zero attached hydrogens (tertiary/aromatic N) is 2. The summed E-state index contributed by atoms with van der Waals surface area (Å²) in [5, 5.41) is 10.00. The highest BCUT2D eigenvalue weighted by Crippen LogP contribution is 2.16. The zero-order chi connectivity index (χ0) is 15.4. The first-order valence-electron chi connectivity index (χ1n) is 7.16. The van der Waals surface area contributed by atoms with Crippen molar-refractivity contribution >= 4 is 0 Å². The lowest BCUT2D eigenvalue weighted by atomic mass is 10.1. The van der Waals surface area contributed by atoms with E-state index in [4.69, 9.17) is 0 Å². The maximum Gasteiger partial charge on any atom is 0.257 e. The van der Waals surface area contributed by atoms with E-state index in [1.165, 1.54) is 0 Å². The topological polar surface area (TPSA) is 70.9 Å². The quantitative estimate of drug-likeness (QED) is 0.757. The first kappa shape index (κ1) is 14.1. The van der Waals surface area contributed by atoms with Crippen molar-refractivity contribution in [1.82, 2.24) is 14.5 Å². The van der Waals surface area contributed by atoms with Gasteiger partial charge >= 0.3 is 0 Å². The zero-order valence-corrected chi connectivity index (χ0v) is 12.1. The highest BCUT2D eigenvalue weighted by Gasteiger charge is 2.10. The van der Waals surface area contributed by atoms with Gasteiger partial charge in [-0.25, -0.2) is 4.98 Å². The highest BCUT2D eigenvalue weighted by atomic mass is 16.3. The second kappa shape index (κ2) is 6.30. The van der Waals surface area contributed by atoms with E-state index in [1.807, 2.05) is 30.3 Å². The maximum absolute atomic E-state index is 12.5. The molecule has 5 nitrogen and oxygen atoms in total. The molecule has 0 unspecified atom stereocenters. The molecule has 0 atom stereocenters. The second-order valence-corrected chi connectivity index (χ2v) is 5.17. The van der Waals surface area contributed by atoms with Gasteiger partial charge in [0.1, 0.15) is 5.75 Å². The molecule has 2 N–H and O–H groups in total. The number of benzene rings is 1. The molecule has 0 amide bonds. The van der Waals surface area contributed by atoms with Gasteiger partial charge in [-0.3, -0.25) is 4.79 Å². The van der Waals surface area contributed by atoms with Crippen molar-refractivity contribution in [2.45, 2.75) is 19.4 Å². The molecular formula is C17H17N3O2. The van der Waals surface area contributed by atoms with Crippen LogP contribution >= 0.6 is 0 Å². The van der Waals surface area contributed by atoms with Gasteiger partial charge in [0.25, 0.3) is 5.56 Å². The molecule has 2 heterocycles. The van der Waals surface area contributed by atoms with Gasteiger partial charge in [0.2, 0.25) is 0 Å². The summed E-state index contributed by atoms with van der Waals surface area (Å²) >= 11 is 0. The predicted molar refractivity (Wildman–Crippen MR) is 83.9 cm³/mol. The molecule has 3 aromatic rings. The first-order chi connectivity index (χ1) is 10.7. The number of pyridine rings is 1. The number of H-pyrrole nitrogens is 1. The van der Waals surface area contributed by atoms with Crippen LogP contribution in [0.4, 0.5) is 0 Å². The number of aromatic hydroxyl groups is 1. The van der Waals surface area contributed by atoms with E-state index in [0.29, 0.717) is 24.9 Å². The van der Waals surface area contributed by atoms with E-state index in [9.17, 15) is 9.90 Å².